The molecule has 26 heavy (non-hydrogen) atoms. The largest absolute Gasteiger partial charge is 0.351 e. The highest BCUT2D eigenvalue weighted by Gasteiger charge is 2.16. The molecule has 0 aliphatic carbocycles. The minimum absolute atomic E-state index is 0.00406. The van der Waals surface area contributed by atoms with E-state index < -0.39 is 20.9 Å². The summed E-state index contributed by atoms with van der Waals surface area (Å²) in [6.45, 7) is 3.48. The standard InChI is InChI=1S/C17H19N3O5S/c1-12-3-7-15(8-4-12)26(24,25)19-10-9-18-17(21)14-6-5-13(2)16(11-14)20(22)23/h3-8,11,19H,9-10H2,1-2H3,(H,18,21). The van der Waals surface area contributed by atoms with Crippen molar-refractivity contribution < 1.29 is 18.1 Å². The van der Waals surface area contributed by atoms with Crippen LogP contribution in [0.1, 0.15) is 21.5 Å². The van der Waals surface area contributed by atoms with Crippen molar-refractivity contribution in [2.24, 2.45) is 0 Å². The second-order valence-corrected chi connectivity index (χ2v) is 7.49. The third-order valence-electron chi connectivity index (χ3n) is 3.70. The highest BCUT2D eigenvalue weighted by Crippen LogP contribution is 2.19. The number of nitro groups is 1. The van der Waals surface area contributed by atoms with Gasteiger partial charge in [0.15, 0.2) is 0 Å². The molecular weight excluding hydrogens is 358 g/mol. The first-order valence-electron chi connectivity index (χ1n) is 7.80. The maximum atomic E-state index is 12.1. The highest BCUT2D eigenvalue weighted by molar-refractivity contribution is 7.89. The Balaban J connectivity index is 1.91. The second kappa shape index (κ2) is 8.07. The van der Waals surface area contributed by atoms with Crippen LogP contribution in [0.2, 0.25) is 0 Å². The number of carbonyl (C=O) groups excluding carboxylic acids is 1. The lowest BCUT2D eigenvalue weighted by Crippen LogP contribution is -2.34. The maximum absolute atomic E-state index is 12.1. The summed E-state index contributed by atoms with van der Waals surface area (Å²) >= 11 is 0. The van der Waals surface area contributed by atoms with Gasteiger partial charge in [0, 0.05) is 30.3 Å². The van der Waals surface area contributed by atoms with Crippen LogP contribution in [0.25, 0.3) is 0 Å². The van der Waals surface area contributed by atoms with E-state index in [1.807, 2.05) is 6.92 Å². The van der Waals surface area contributed by atoms with Gasteiger partial charge in [-0.3, -0.25) is 14.9 Å². The van der Waals surface area contributed by atoms with E-state index in [4.69, 9.17) is 0 Å². The van der Waals surface area contributed by atoms with Gasteiger partial charge in [-0.2, -0.15) is 0 Å². The Hall–Kier alpha value is -2.78. The molecule has 0 saturated carbocycles. The van der Waals surface area contributed by atoms with Crippen LogP contribution in [0.4, 0.5) is 5.69 Å². The fourth-order valence-corrected chi connectivity index (χ4v) is 3.24. The molecular formula is C17H19N3O5S. The van der Waals surface area contributed by atoms with Gasteiger partial charge < -0.3 is 5.32 Å². The van der Waals surface area contributed by atoms with Gasteiger partial charge in [-0.15, -0.1) is 0 Å². The lowest BCUT2D eigenvalue weighted by molar-refractivity contribution is -0.385. The van der Waals surface area contributed by atoms with Crippen molar-refractivity contribution in [2.75, 3.05) is 13.1 Å². The zero-order valence-electron chi connectivity index (χ0n) is 14.4. The summed E-state index contributed by atoms with van der Waals surface area (Å²) in [5.41, 5.74) is 1.40. The molecule has 0 unspecified atom stereocenters. The Bertz CT molecular complexity index is 924. The fourth-order valence-electron chi connectivity index (χ4n) is 2.21. The number of amides is 1. The van der Waals surface area contributed by atoms with Crippen LogP contribution in [0.15, 0.2) is 47.4 Å². The molecule has 1 amide bonds. The summed E-state index contributed by atoms with van der Waals surface area (Å²) in [5, 5.41) is 13.4. The minimum atomic E-state index is -3.65. The third kappa shape index (κ3) is 4.87. The number of benzene rings is 2. The summed E-state index contributed by atoms with van der Waals surface area (Å²) < 4.78 is 26.6. The van der Waals surface area contributed by atoms with Gasteiger partial charge in [0.2, 0.25) is 10.0 Å². The zero-order chi connectivity index (χ0) is 19.3. The summed E-state index contributed by atoms with van der Waals surface area (Å²) in [6, 6.07) is 10.6. The summed E-state index contributed by atoms with van der Waals surface area (Å²) in [7, 11) is -3.65. The molecule has 0 radical (unpaired) electrons. The van der Waals surface area contributed by atoms with Crippen molar-refractivity contribution in [3.63, 3.8) is 0 Å². The van der Waals surface area contributed by atoms with Gasteiger partial charge in [-0.05, 0) is 32.0 Å². The Kier molecular flexibility index (Phi) is 6.06. The van der Waals surface area contributed by atoms with Crippen LogP contribution < -0.4 is 10.0 Å². The SMILES string of the molecule is Cc1ccc(S(=O)(=O)NCCNC(=O)c2ccc(C)c([N+](=O)[O-])c2)cc1. The summed E-state index contributed by atoms with van der Waals surface area (Å²) in [5.74, 6) is -0.511. The molecule has 0 spiro atoms. The third-order valence-corrected chi connectivity index (χ3v) is 5.18. The smallest absolute Gasteiger partial charge is 0.273 e. The fraction of sp³-hybridized carbons (Fsp3) is 0.235. The lowest BCUT2D eigenvalue weighted by Gasteiger charge is -2.09. The topological polar surface area (TPSA) is 118 Å². The van der Waals surface area contributed by atoms with E-state index in [1.54, 1.807) is 19.1 Å². The molecule has 138 valence electrons. The Labute approximate surface area is 151 Å². The number of sulfonamides is 1. The number of aryl methyl sites for hydroxylation is 2. The van der Waals surface area contributed by atoms with Gasteiger partial charge in [-0.25, -0.2) is 13.1 Å². The van der Waals surface area contributed by atoms with Crippen LogP contribution in [-0.2, 0) is 10.0 Å². The highest BCUT2D eigenvalue weighted by atomic mass is 32.2. The summed E-state index contributed by atoms with van der Waals surface area (Å²) in [4.78, 5) is 22.6. The minimum Gasteiger partial charge on any atom is -0.351 e. The normalized spacial score (nSPS) is 11.2. The van der Waals surface area contributed by atoms with Crippen molar-refractivity contribution in [2.45, 2.75) is 18.7 Å². The van der Waals surface area contributed by atoms with E-state index in [-0.39, 0.29) is 29.2 Å². The van der Waals surface area contributed by atoms with E-state index in [9.17, 15) is 23.3 Å². The molecule has 0 fully saturated rings. The van der Waals surface area contributed by atoms with Crippen molar-refractivity contribution >= 4 is 21.6 Å². The van der Waals surface area contributed by atoms with Gasteiger partial charge in [0.05, 0.1) is 9.82 Å². The van der Waals surface area contributed by atoms with Gasteiger partial charge >= 0.3 is 0 Å². The van der Waals surface area contributed by atoms with Crippen molar-refractivity contribution in [3.8, 4) is 0 Å². The van der Waals surface area contributed by atoms with Crippen LogP contribution in [-0.4, -0.2) is 32.3 Å². The first-order valence-corrected chi connectivity index (χ1v) is 9.28. The maximum Gasteiger partial charge on any atom is 0.273 e. The molecule has 2 N–H and O–H groups in total. The van der Waals surface area contributed by atoms with Crippen molar-refractivity contribution in [1.82, 2.24) is 10.0 Å². The summed E-state index contributed by atoms with van der Waals surface area (Å²) in [6.07, 6.45) is 0. The van der Waals surface area contributed by atoms with Crippen LogP contribution in [0.5, 0.6) is 0 Å². The number of carbonyl (C=O) groups is 1. The average Bonchev–Trinajstić information content (AvgIpc) is 2.59. The molecule has 0 aromatic heterocycles. The Morgan fingerprint density at radius 2 is 1.73 bits per heavy atom. The predicted molar refractivity (Wildman–Crippen MR) is 96.5 cm³/mol. The number of nitro benzene ring substituents is 1. The first kappa shape index (κ1) is 19.5. The van der Waals surface area contributed by atoms with E-state index in [0.717, 1.165) is 5.56 Å². The van der Waals surface area contributed by atoms with Gasteiger partial charge in [0.1, 0.15) is 0 Å². The number of nitrogens with one attached hydrogen (secondary N) is 2. The molecule has 2 aromatic carbocycles. The monoisotopic (exact) mass is 377 g/mol. The van der Waals surface area contributed by atoms with Crippen LogP contribution >= 0.6 is 0 Å². The Morgan fingerprint density at radius 1 is 1.08 bits per heavy atom. The Morgan fingerprint density at radius 3 is 2.35 bits per heavy atom. The quantitative estimate of drug-likeness (QED) is 0.434. The molecule has 0 bridgehead atoms. The zero-order valence-corrected chi connectivity index (χ0v) is 15.2. The van der Waals surface area contributed by atoms with Crippen LogP contribution in [0.3, 0.4) is 0 Å². The molecule has 2 aromatic rings. The number of nitrogens with zero attached hydrogens (tertiary/aromatic N) is 1. The van der Waals surface area contributed by atoms with E-state index in [0.29, 0.717) is 5.56 Å². The average molecular weight is 377 g/mol. The first-order chi connectivity index (χ1) is 12.2. The number of rotatable bonds is 7. The van der Waals surface area contributed by atoms with Crippen molar-refractivity contribution in [1.29, 1.82) is 0 Å². The van der Waals surface area contributed by atoms with Crippen LogP contribution in [0, 0.1) is 24.0 Å². The second-order valence-electron chi connectivity index (χ2n) is 5.73. The molecule has 0 aliphatic heterocycles. The molecule has 8 nitrogen and oxygen atoms in total. The lowest BCUT2D eigenvalue weighted by atomic mass is 10.1. The van der Waals surface area contributed by atoms with Gasteiger partial charge in [-0.1, -0.05) is 23.8 Å². The number of hydrogen-bond donors (Lipinski definition) is 2. The van der Waals surface area contributed by atoms with E-state index in [2.05, 4.69) is 10.0 Å². The number of hydrogen-bond acceptors (Lipinski definition) is 5. The molecule has 0 heterocycles. The van der Waals surface area contributed by atoms with Crippen molar-refractivity contribution in [3.05, 3.63) is 69.3 Å². The molecule has 0 atom stereocenters. The molecule has 0 aliphatic rings. The van der Waals surface area contributed by atoms with Gasteiger partial charge in [0.25, 0.3) is 11.6 Å². The van der Waals surface area contributed by atoms with E-state index in [1.165, 1.54) is 30.3 Å². The molecule has 0 saturated heterocycles. The predicted octanol–water partition coefficient (Wildman–Crippen LogP) is 1.92. The van der Waals surface area contributed by atoms with E-state index >= 15 is 0 Å². The molecule has 9 heteroatoms. The molecule has 2 rings (SSSR count).